The van der Waals surface area contributed by atoms with Gasteiger partial charge in [-0.1, -0.05) is 48.5 Å². The van der Waals surface area contributed by atoms with Crippen molar-refractivity contribution >= 4 is 24.3 Å². The van der Waals surface area contributed by atoms with Crippen molar-refractivity contribution in [2.75, 3.05) is 0 Å². The molecule has 0 aliphatic carbocycles. The Morgan fingerprint density at radius 2 is 1.40 bits per heavy atom. The van der Waals surface area contributed by atoms with E-state index in [0.29, 0.717) is 11.3 Å². The predicted octanol–water partition coefficient (Wildman–Crippen LogP) is 2.88. The van der Waals surface area contributed by atoms with E-state index in [1.807, 2.05) is 0 Å². The molecule has 0 aromatic heterocycles. The lowest BCUT2D eigenvalue weighted by atomic mass is 10.00. The molecular weight excluding hydrogens is 280 g/mol. The summed E-state index contributed by atoms with van der Waals surface area (Å²) in [6, 6.07) is 16.7. The van der Waals surface area contributed by atoms with Gasteiger partial charge in [0.15, 0.2) is 5.92 Å². The van der Waals surface area contributed by atoms with Crippen LogP contribution in [0.1, 0.15) is 11.5 Å². The Bertz CT molecular complexity index is 569. The smallest absolute Gasteiger partial charge is 0.330 e. The number of carboxylic acids is 1. The number of hydrogen-bond acceptors (Lipinski definition) is 3. The molecule has 20 heavy (non-hydrogen) atoms. The first-order valence-electron chi connectivity index (χ1n) is 5.73. The summed E-state index contributed by atoms with van der Waals surface area (Å²) in [6.45, 7) is 0. The minimum absolute atomic E-state index is 0. The Morgan fingerprint density at radius 1 is 0.900 bits per heavy atom. The van der Waals surface area contributed by atoms with Gasteiger partial charge in [-0.25, -0.2) is 0 Å². The van der Waals surface area contributed by atoms with Gasteiger partial charge < -0.3 is 9.84 Å². The van der Waals surface area contributed by atoms with Crippen LogP contribution in [0.2, 0.25) is 0 Å². The summed E-state index contributed by atoms with van der Waals surface area (Å²) in [4.78, 5) is 23.2. The monoisotopic (exact) mass is 292 g/mol. The molecule has 1 N–H and O–H groups in total. The molecule has 0 saturated heterocycles. The number of ether oxygens (including phenoxy) is 1. The highest BCUT2D eigenvalue weighted by Gasteiger charge is 2.30. The number of aliphatic carboxylic acids is 1. The molecule has 0 radical (unpaired) electrons. The second kappa shape index (κ2) is 7.31. The molecular formula is C15H13ClO4. The maximum Gasteiger partial charge on any atom is 0.330 e. The molecule has 1 unspecified atom stereocenters. The summed E-state index contributed by atoms with van der Waals surface area (Å²) in [6.07, 6.45) is 0. The maximum atomic E-state index is 12.0. The quantitative estimate of drug-likeness (QED) is 0.535. The van der Waals surface area contributed by atoms with E-state index in [4.69, 9.17) is 4.74 Å². The molecule has 0 saturated carbocycles. The molecule has 0 spiro atoms. The fraction of sp³-hybridized carbons (Fsp3) is 0.0667. The van der Waals surface area contributed by atoms with Gasteiger partial charge in [-0.05, 0) is 17.7 Å². The summed E-state index contributed by atoms with van der Waals surface area (Å²) in [5.74, 6) is -3.02. The van der Waals surface area contributed by atoms with E-state index in [-0.39, 0.29) is 12.4 Å². The molecule has 2 aromatic carbocycles. The van der Waals surface area contributed by atoms with E-state index in [1.165, 1.54) is 0 Å². The number of carbonyl (C=O) groups is 2. The highest BCUT2D eigenvalue weighted by atomic mass is 35.5. The van der Waals surface area contributed by atoms with E-state index in [1.54, 1.807) is 60.7 Å². The minimum Gasteiger partial charge on any atom is -0.480 e. The van der Waals surface area contributed by atoms with Crippen molar-refractivity contribution in [3.63, 3.8) is 0 Å². The Kier molecular flexibility index (Phi) is 5.74. The Hall–Kier alpha value is -2.33. The highest BCUT2D eigenvalue weighted by molar-refractivity contribution is 6.00. The van der Waals surface area contributed by atoms with Crippen molar-refractivity contribution in [1.82, 2.24) is 0 Å². The molecule has 4 nitrogen and oxygen atoms in total. The van der Waals surface area contributed by atoms with E-state index in [0.717, 1.165) is 0 Å². The van der Waals surface area contributed by atoms with Crippen LogP contribution < -0.4 is 4.74 Å². The molecule has 0 aliphatic heterocycles. The molecule has 0 heterocycles. The van der Waals surface area contributed by atoms with E-state index >= 15 is 0 Å². The molecule has 0 aliphatic rings. The summed E-state index contributed by atoms with van der Waals surface area (Å²) in [7, 11) is 0. The lowest BCUT2D eigenvalue weighted by Gasteiger charge is -2.12. The van der Waals surface area contributed by atoms with Crippen LogP contribution >= 0.6 is 12.4 Å². The van der Waals surface area contributed by atoms with Crippen LogP contribution in [0.25, 0.3) is 0 Å². The summed E-state index contributed by atoms with van der Waals surface area (Å²) in [5.41, 5.74) is 0.399. The van der Waals surface area contributed by atoms with Crippen molar-refractivity contribution in [1.29, 1.82) is 0 Å². The van der Waals surface area contributed by atoms with E-state index < -0.39 is 17.9 Å². The molecule has 1 atom stereocenters. The second-order valence-corrected chi connectivity index (χ2v) is 3.92. The van der Waals surface area contributed by atoms with Crippen LogP contribution in [0.15, 0.2) is 60.7 Å². The number of para-hydroxylation sites is 1. The normalized spacial score (nSPS) is 11.0. The van der Waals surface area contributed by atoms with E-state index in [2.05, 4.69) is 0 Å². The van der Waals surface area contributed by atoms with Gasteiger partial charge in [0, 0.05) is 0 Å². The van der Waals surface area contributed by atoms with Gasteiger partial charge in [0.25, 0.3) is 0 Å². The predicted molar refractivity (Wildman–Crippen MR) is 76.1 cm³/mol. The fourth-order valence-corrected chi connectivity index (χ4v) is 1.69. The highest BCUT2D eigenvalue weighted by Crippen LogP contribution is 2.19. The Labute approximate surface area is 122 Å². The van der Waals surface area contributed by atoms with Crippen LogP contribution in [0.3, 0.4) is 0 Å². The largest absolute Gasteiger partial charge is 0.480 e. The lowest BCUT2D eigenvalue weighted by Crippen LogP contribution is -2.25. The third kappa shape index (κ3) is 3.83. The van der Waals surface area contributed by atoms with Crippen LogP contribution in [0, 0.1) is 0 Å². The average Bonchev–Trinajstić information content (AvgIpc) is 2.40. The SMILES string of the molecule is Cl.O=C(O)C(C(=O)Oc1ccccc1)c1ccccc1. The molecule has 0 amide bonds. The molecule has 5 heteroatoms. The van der Waals surface area contributed by atoms with Crippen LogP contribution in [0.4, 0.5) is 0 Å². The number of rotatable bonds is 4. The number of esters is 1. The summed E-state index contributed by atoms with van der Waals surface area (Å²) < 4.78 is 5.07. The fourth-order valence-electron chi connectivity index (χ4n) is 1.69. The van der Waals surface area contributed by atoms with Crippen LogP contribution in [-0.2, 0) is 9.59 Å². The molecule has 2 aromatic rings. The molecule has 104 valence electrons. The first kappa shape index (κ1) is 15.7. The molecule has 0 fully saturated rings. The van der Waals surface area contributed by atoms with Gasteiger partial charge in [-0.2, -0.15) is 0 Å². The van der Waals surface area contributed by atoms with E-state index in [9.17, 15) is 14.7 Å². The van der Waals surface area contributed by atoms with Gasteiger partial charge in [0.1, 0.15) is 5.75 Å². The van der Waals surface area contributed by atoms with Gasteiger partial charge in [0.2, 0.25) is 0 Å². The third-order valence-electron chi connectivity index (χ3n) is 2.58. The number of hydrogen-bond donors (Lipinski definition) is 1. The minimum atomic E-state index is -1.32. The van der Waals surface area contributed by atoms with Gasteiger partial charge in [0.05, 0.1) is 0 Å². The number of benzene rings is 2. The number of carbonyl (C=O) groups excluding carboxylic acids is 1. The standard InChI is InChI=1S/C15H12O4.ClH/c16-14(17)13(11-7-3-1-4-8-11)15(18)19-12-9-5-2-6-10-12;/h1-10,13H,(H,16,17);1H. The first-order chi connectivity index (χ1) is 9.18. The van der Waals surface area contributed by atoms with Crippen molar-refractivity contribution in [3.8, 4) is 5.75 Å². The number of carboxylic acid groups (broad SMARTS) is 1. The van der Waals surface area contributed by atoms with Crippen molar-refractivity contribution in [2.24, 2.45) is 0 Å². The van der Waals surface area contributed by atoms with Crippen molar-refractivity contribution < 1.29 is 19.4 Å². The summed E-state index contributed by atoms with van der Waals surface area (Å²) >= 11 is 0. The second-order valence-electron chi connectivity index (χ2n) is 3.92. The topological polar surface area (TPSA) is 63.6 Å². The van der Waals surface area contributed by atoms with Gasteiger partial charge in [-0.3, -0.25) is 9.59 Å². The zero-order valence-corrected chi connectivity index (χ0v) is 11.2. The van der Waals surface area contributed by atoms with Crippen molar-refractivity contribution in [3.05, 3.63) is 66.2 Å². The van der Waals surface area contributed by atoms with Crippen LogP contribution in [0.5, 0.6) is 5.75 Å². The van der Waals surface area contributed by atoms with Gasteiger partial charge in [-0.15, -0.1) is 12.4 Å². The van der Waals surface area contributed by atoms with Crippen molar-refractivity contribution in [2.45, 2.75) is 5.92 Å². The number of halogens is 1. The third-order valence-corrected chi connectivity index (χ3v) is 2.58. The first-order valence-corrected chi connectivity index (χ1v) is 5.73. The molecule has 0 bridgehead atoms. The zero-order valence-electron chi connectivity index (χ0n) is 10.4. The molecule has 2 rings (SSSR count). The Balaban J connectivity index is 0.00000200. The van der Waals surface area contributed by atoms with Crippen LogP contribution in [-0.4, -0.2) is 17.0 Å². The lowest BCUT2D eigenvalue weighted by molar-refractivity contribution is -0.148. The Morgan fingerprint density at radius 3 is 1.90 bits per heavy atom. The van der Waals surface area contributed by atoms with Gasteiger partial charge >= 0.3 is 11.9 Å². The summed E-state index contributed by atoms with van der Waals surface area (Å²) in [5, 5.41) is 9.17. The zero-order chi connectivity index (χ0) is 13.7. The maximum absolute atomic E-state index is 12.0. The average molecular weight is 293 g/mol.